The van der Waals surface area contributed by atoms with Crippen molar-refractivity contribution in [2.45, 2.75) is 45.1 Å². The lowest BCUT2D eigenvalue weighted by atomic mass is 10.0. The molecule has 1 amide bonds. The Morgan fingerprint density at radius 1 is 1.33 bits per heavy atom. The number of hydrogen-bond acceptors (Lipinski definition) is 3. The van der Waals surface area contributed by atoms with Crippen LogP contribution < -0.4 is 5.32 Å². The zero-order valence-electron chi connectivity index (χ0n) is 11.5. The summed E-state index contributed by atoms with van der Waals surface area (Å²) in [6.45, 7) is 6.78. The number of amides is 1. The van der Waals surface area contributed by atoms with Crippen LogP contribution in [0.2, 0.25) is 0 Å². The van der Waals surface area contributed by atoms with Crippen LogP contribution in [0.5, 0.6) is 0 Å². The predicted octanol–water partition coefficient (Wildman–Crippen LogP) is 1.40. The van der Waals surface area contributed by atoms with Crippen molar-refractivity contribution < 1.29 is 9.53 Å². The standard InChI is InChI=1S/C14H26N2O2/c1-12-3-2-9-16(11-12)14(17)6-10-18-13-4-7-15-8-5-13/h12-13,15H,2-11H2,1H3. The van der Waals surface area contributed by atoms with E-state index in [1.54, 1.807) is 0 Å². The molecule has 104 valence electrons. The summed E-state index contributed by atoms with van der Waals surface area (Å²) in [6.07, 6.45) is 5.48. The Bertz CT molecular complexity index is 265. The van der Waals surface area contributed by atoms with Gasteiger partial charge in [0.05, 0.1) is 19.1 Å². The minimum absolute atomic E-state index is 0.274. The molecule has 2 rings (SSSR count). The third-order valence-electron chi connectivity index (χ3n) is 3.97. The SMILES string of the molecule is CC1CCCN(C(=O)CCOC2CCNCC2)C1. The average molecular weight is 254 g/mol. The molecular formula is C14H26N2O2. The van der Waals surface area contributed by atoms with Crippen LogP contribution in [-0.4, -0.2) is 49.7 Å². The Balaban J connectivity index is 1.61. The van der Waals surface area contributed by atoms with Gasteiger partial charge in [-0.25, -0.2) is 0 Å². The van der Waals surface area contributed by atoms with Gasteiger partial charge >= 0.3 is 0 Å². The van der Waals surface area contributed by atoms with Crippen molar-refractivity contribution in [1.29, 1.82) is 0 Å². The molecule has 18 heavy (non-hydrogen) atoms. The maximum atomic E-state index is 12.0. The van der Waals surface area contributed by atoms with E-state index in [0.29, 0.717) is 25.0 Å². The Morgan fingerprint density at radius 2 is 2.11 bits per heavy atom. The van der Waals surface area contributed by atoms with Crippen molar-refractivity contribution in [3.05, 3.63) is 0 Å². The predicted molar refractivity (Wildman–Crippen MR) is 71.4 cm³/mol. The van der Waals surface area contributed by atoms with Crippen LogP contribution in [0.1, 0.15) is 39.0 Å². The van der Waals surface area contributed by atoms with Gasteiger partial charge in [0.2, 0.25) is 5.91 Å². The second-order valence-corrected chi connectivity index (χ2v) is 5.66. The Hall–Kier alpha value is -0.610. The number of piperidine rings is 2. The first-order valence-corrected chi connectivity index (χ1v) is 7.36. The van der Waals surface area contributed by atoms with Crippen molar-refractivity contribution in [2.75, 3.05) is 32.8 Å². The number of carbonyl (C=O) groups is 1. The lowest BCUT2D eigenvalue weighted by Crippen LogP contribution is -2.40. The molecule has 2 heterocycles. The summed E-state index contributed by atoms with van der Waals surface area (Å²) >= 11 is 0. The van der Waals surface area contributed by atoms with E-state index in [1.165, 1.54) is 6.42 Å². The first kappa shape index (κ1) is 13.8. The summed E-state index contributed by atoms with van der Waals surface area (Å²) < 4.78 is 5.78. The molecule has 2 fully saturated rings. The number of nitrogens with one attached hydrogen (secondary N) is 1. The highest BCUT2D eigenvalue weighted by Crippen LogP contribution is 2.16. The average Bonchev–Trinajstić information content (AvgIpc) is 2.40. The number of carbonyl (C=O) groups excluding carboxylic acids is 1. The largest absolute Gasteiger partial charge is 0.378 e. The fourth-order valence-electron chi connectivity index (χ4n) is 2.85. The summed E-state index contributed by atoms with van der Waals surface area (Å²) in [6, 6.07) is 0. The summed E-state index contributed by atoms with van der Waals surface area (Å²) in [4.78, 5) is 14.0. The molecule has 0 aliphatic carbocycles. The molecule has 0 radical (unpaired) electrons. The maximum Gasteiger partial charge on any atom is 0.224 e. The molecule has 2 aliphatic rings. The molecule has 2 aliphatic heterocycles. The molecule has 0 aromatic heterocycles. The fourth-order valence-corrected chi connectivity index (χ4v) is 2.85. The van der Waals surface area contributed by atoms with Gasteiger partial charge in [-0.2, -0.15) is 0 Å². The van der Waals surface area contributed by atoms with Crippen LogP contribution in [0.4, 0.5) is 0 Å². The van der Waals surface area contributed by atoms with E-state index < -0.39 is 0 Å². The van der Waals surface area contributed by atoms with Crippen LogP contribution in [0.25, 0.3) is 0 Å². The highest BCUT2D eigenvalue weighted by molar-refractivity contribution is 5.76. The van der Waals surface area contributed by atoms with E-state index in [1.807, 2.05) is 4.90 Å². The highest BCUT2D eigenvalue weighted by atomic mass is 16.5. The van der Waals surface area contributed by atoms with Crippen molar-refractivity contribution in [1.82, 2.24) is 10.2 Å². The zero-order chi connectivity index (χ0) is 12.8. The summed E-state index contributed by atoms with van der Waals surface area (Å²) in [5, 5.41) is 3.32. The quantitative estimate of drug-likeness (QED) is 0.824. The second kappa shape index (κ2) is 7.10. The second-order valence-electron chi connectivity index (χ2n) is 5.66. The van der Waals surface area contributed by atoms with Crippen molar-refractivity contribution in [3.63, 3.8) is 0 Å². The van der Waals surface area contributed by atoms with Gasteiger partial charge in [-0.05, 0) is 44.7 Å². The number of hydrogen-bond donors (Lipinski definition) is 1. The van der Waals surface area contributed by atoms with E-state index in [2.05, 4.69) is 12.2 Å². The first-order chi connectivity index (χ1) is 8.75. The van der Waals surface area contributed by atoms with Crippen molar-refractivity contribution >= 4 is 5.91 Å². The van der Waals surface area contributed by atoms with Crippen LogP contribution in [0.3, 0.4) is 0 Å². The van der Waals surface area contributed by atoms with E-state index in [9.17, 15) is 4.79 Å². The molecule has 1 N–H and O–H groups in total. The van der Waals surface area contributed by atoms with Gasteiger partial charge in [0, 0.05) is 13.1 Å². The minimum atomic E-state index is 0.274. The molecule has 1 unspecified atom stereocenters. The van der Waals surface area contributed by atoms with E-state index in [-0.39, 0.29) is 5.91 Å². The van der Waals surface area contributed by atoms with Crippen LogP contribution in [0, 0.1) is 5.92 Å². The minimum Gasteiger partial charge on any atom is -0.378 e. The number of likely N-dealkylation sites (tertiary alicyclic amines) is 1. The summed E-state index contributed by atoms with van der Waals surface area (Å²) in [5.74, 6) is 0.934. The molecule has 1 atom stereocenters. The van der Waals surface area contributed by atoms with E-state index in [4.69, 9.17) is 4.74 Å². The van der Waals surface area contributed by atoms with Crippen molar-refractivity contribution in [3.8, 4) is 0 Å². The van der Waals surface area contributed by atoms with Crippen molar-refractivity contribution in [2.24, 2.45) is 5.92 Å². The first-order valence-electron chi connectivity index (χ1n) is 7.36. The maximum absolute atomic E-state index is 12.0. The lowest BCUT2D eigenvalue weighted by Gasteiger charge is -2.31. The van der Waals surface area contributed by atoms with Gasteiger partial charge in [-0.15, -0.1) is 0 Å². The summed E-state index contributed by atoms with van der Waals surface area (Å²) in [5.41, 5.74) is 0. The van der Waals surface area contributed by atoms with E-state index in [0.717, 1.165) is 45.4 Å². The fraction of sp³-hybridized carbons (Fsp3) is 0.929. The molecule has 0 aromatic rings. The van der Waals surface area contributed by atoms with Gasteiger partial charge in [-0.3, -0.25) is 4.79 Å². The molecule has 4 nitrogen and oxygen atoms in total. The third-order valence-corrected chi connectivity index (χ3v) is 3.97. The summed E-state index contributed by atoms with van der Waals surface area (Å²) in [7, 11) is 0. The third kappa shape index (κ3) is 4.25. The highest BCUT2D eigenvalue weighted by Gasteiger charge is 2.21. The van der Waals surface area contributed by atoms with Crippen LogP contribution in [0.15, 0.2) is 0 Å². The van der Waals surface area contributed by atoms with Gasteiger partial charge in [0.15, 0.2) is 0 Å². The molecule has 4 heteroatoms. The molecule has 2 saturated heterocycles. The van der Waals surface area contributed by atoms with Gasteiger partial charge < -0.3 is 15.0 Å². The monoisotopic (exact) mass is 254 g/mol. The number of nitrogens with zero attached hydrogens (tertiary/aromatic N) is 1. The number of ether oxygens (including phenoxy) is 1. The molecule has 0 spiro atoms. The smallest absolute Gasteiger partial charge is 0.224 e. The Kier molecular flexibility index (Phi) is 5.45. The van der Waals surface area contributed by atoms with Crippen LogP contribution >= 0.6 is 0 Å². The molecular weight excluding hydrogens is 228 g/mol. The number of rotatable bonds is 4. The van der Waals surface area contributed by atoms with Gasteiger partial charge in [-0.1, -0.05) is 6.92 Å². The van der Waals surface area contributed by atoms with E-state index >= 15 is 0 Å². The molecule has 0 bridgehead atoms. The zero-order valence-corrected chi connectivity index (χ0v) is 11.5. The Labute approximate surface area is 110 Å². The molecule has 0 aromatic carbocycles. The lowest BCUT2D eigenvalue weighted by molar-refractivity contribution is -0.134. The van der Waals surface area contributed by atoms with Gasteiger partial charge in [0.25, 0.3) is 0 Å². The van der Waals surface area contributed by atoms with Gasteiger partial charge in [0.1, 0.15) is 0 Å². The Morgan fingerprint density at radius 3 is 2.83 bits per heavy atom. The normalized spacial score (nSPS) is 26.3. The van der Waals surface area contributed by atoms with Crippen LogP contribution in [-0.2, 0) is 9.53 Å². The topological polar surface area (TPSA) is 41.6 Å². The molecule has 0 saturated carbocycles.